The number of hydrogen-bond acceptors (Lipinski definition) is 3. The molecule has 1 fully saturated rings. The quantitative estimate of drug-likeness (QED) is 0.804. The first-order valence-corrected chi connectivity index (χ1v) is 5.47. The molecule has 0 aromatic carbocycles. The summed E-state index contributed by atoms with van der Waals surface area (Å²) in [5, 5.41) is 0. The van der Waals surface area contributed by atoms with Gasteiger partial charge in [0.25, 0.3) is 0 Å². The third-order valence-corrected chi connectivity index (χ3v) is 3.36. The van der Waals surface area contributed by atoms with E-state index >= 15 is 0 Å². The summed E-state index contributed by atoms with van der Waals surface area (Å²) >= 11 is 0. The lowest BCUT2D eigenvalue weighted by Crippen LogP contribution is -2.49. The maximum atomic E-state index is 11.8. The molecule has 0 radical (unpaired) electrons. The summed E-state index contributed by atoms with van der Waals surface area (Å²) < 4.78 is 0. The van der Waals surface area contributed by atoms with E-state index in [1.807, 2.05) is 30.9 Å². The molecule has 1 atom stereocenters. The Kier molecular flexibility index (Phi) is 2.68. The Hall–Kier alpha value is -1.42. The maximum Gasteiger partial charge on any atom is 0.225 e. The van der Waals surface area contributed by atoms with Crippen molar-refractivity contribution in [2.45, 2.75) is 38.4 Å². The van der Waals surface area contributed by atoms with Crippen molar-refractivity contribution in [3.8, 4) is 0 Å². The largest absolute Gasteiger partial charge is 0.332 e. The highest BCUT2D eigenvalue weighted by Crippen LogP contribution is 2.29. The van der Waals surface area contributed by atoms with Gasteiger partial charge in [-0.1, -0.05) is 6.07 Å². The van der Waals surface area contributed by atoms with Crippen LogP contribution in [0.25, 0.3) is 0 Å². The molecule has 1 aromatic heterocycles. The van der Waals surface area contributed by atoms with Gasteiger partial charge in [-0.15, -0.1) is 0 Å². The number of nitrogens with zero attached hydrogens (tertiary/aromatic N) is 2. The fourth-order valence-electron chi connectivity index (χ4n) is 2.04. The first kappa shape index (κ1) is 11.1. The van der Waals surface area contributed by atoms with Crippen LogP contribution in [0.15, 0.2) is 24.5 Å². The molecule has 4 nitrogen and oxygen atoms in total. The minimum atomic E-state index is -0.271. The number of pyridine rings is 1. The molecule has 4 heteroatoms. The van der Waals surface area contributed by atoms with Crippen molar-refractivity contribution in [3.63, 3.8) is 0 Å². The van der Waals surface area contributed by atoms with Gasteiger partial charge in [0.1, 0.15) is 0 Å². The average Bonchev–Trinajstić information content (AvgIpc) is 2.43. The van der Waals surface area contributed by atoms with Gasteiger partial charge in [0.15, 0.2) is 0 Å². The molecule has 2 N–H and O–H groups in total. The second-order valence-corrected chi connectivity index (χ2v) is 4.81. The monoisotopic (exact) mass is 219 g/mol. The predicted molar refractivity (Wildman–Crippen MR) is 61.5 cm³/mol. The number of amides is 1. The SMILES string of the molecule is CC1(C)C(N)CC(=O)N1Cc1cccnc1. The van der Waals surface area contributed by atoms with E-state index in [0.29, 0.717) is 13.0 Å². The standard InChI is InChI=1S/C12H17N3O/c1-12(2)10(13)6-11(16)15(12)8-9-4-3-5-14-7-9/h3-5,7,10H,6,8,13H2,1-2H3. The third-order valence-electron chi connectivity index (χ3n) is 3.36. The van der Waals surface area contributed by atoms with Crippen LogP contribution in [-0.4, -0.2) is 27.4 Å². The topological polar surface area (TPSA) is 59.2 Å². The van der Waals surface area contributed by atoms with Gasteiger partial charge >= 0.3 is 0 Å². The second-order valence-electron chi connectivity index (χ2n) is 4.81. The average molecular weight is 219 g/mol. The number of nitrogens with two attached hydrogens (primary N) is 1. The highest BCUT2D eigenvalue weighted by molar-refractivity contribution is 5.80. The first-order chi connectivity index (χ1) is 7.51. The highest BCUT2D eigenvalue weighted by Gasteiger charge is 2.43. The van der Waals surface area contributed by atoms with Gasteiger partial charge in [0, 0.05) is 31.4 Å². The van der Waals surface area contributed by atoms with E-state index in [2.05, 4.69) is 4.98 Å². The highest BCUT2D eigenvalue weighted by atomic mass is 16.2. The zero-order chi connectivity index (χ0) is 11.8. The van der Waals surface area contributed by atoms with Crippen LogP contribution in [0.1, 0.15) is 25.8 Å². The Labute approximate surface area is 95.5 Å². The summed E-state index contributed by atoms with van der Waals surface area (Å²) in [6.45, 7) is 4.62. The molecule has 2 heterocycles. The Morgan fingerprint density at radius 1 is 1.62 bits per heavy atom. The smallest absolute Gasteiger partial charge is 0.225 e. The lowest BCUT2D eigenvalue weighted by molar-refractivity contribution is -0.131. The van der Waals surface area contributed by atoms with Gasteiger partial charge < -0.3 is 10.6 Å². The summed E-state index contributed by atoms with van der Waals surface area (Å²) in [5.41, 5.74) is 6.74. The maximum absolute atomic E-state index is 11.8. The van der Waals surface area contributed by atoms with Gasteiger partial charge in [0.05, 0.1) is 5.54 Å². The number of carbonyl (C=O) groups excluding carboxylic acids is 1. The normalized spacial score (nSPS) is 23.8. The van der Waals surface area contributed by atoms with Crippen LogP contribution in [0.3, 0.4) is 0 Å². The summed E-state index contributed by atoms with van der Waals surface area (Å²) in [5.74, 6) is 0.126. The number of likely N-dealkylation sites (tertiary alicyclic amines) is 1. The molecular weight excluding hydrogens is 202 g/mol. The molecule has 0 bridgehead atoms. The molecule has 0 saturated carbocycles. The third kappa shape index (κ3) is 1.80. The van der Waals surface area contributed by atoms with Crippen molar-refractivity contribution in [2.75, 3.05) is 0 Å². The lowest BCUT2D eigenvalue weighted by atomic mass is 9.96. The molecular formula is C12H17N3O. The van der Waals surface area contributed by atoms with Gasteiger partial charge in [-0.05, 0) is 25.5 Å². The van der Waals surface area contributed by atoms with Crippen LogP contribution >= 0.6 is 0 Å². The Morgan fingerprint density at radius 3 is 2.88 bits per heavy atom. The van der Waals surface area contributed by atoms with Crippen LogP contribution in [0.5, 0.6) is 0 Å². The van der Waals surface area contributed by atoms with Crippen molar-refractivity contribution in [2.24, 2.45) is 5.73 Å². The van der Waals surface area contributed by atoms with E-state index < -0.39 is 0 Å². The molecule has 1 unspecified atom stereocenters. The van der Waals surface area contributed by atoms with E-state index in [1.165, 1.54) is 0 Å². The zero-order valence-corrected chi connectivity index (χ0v) is 9.68. The molecule has 16 heavy (non-hydrogen) atoms. The minimum Gasteiger partial charge on any atom is -0.332 e. The van der Waals surface area contributed by atoms with Crippen LogP contribution in [0, 0.1) is 0 Å². The van der Waals surface area contributed by atoms with Crippen molar-refractivity contribution in [3.05, 3.63) is 30.1 Å². The number of rotatable bonds is 2. The van der Waals surface area contributed by atoms with Crippen molar-refractivity contribution in [1.82, 2.24) is 9.88 Å². The summed E-state index contributed by atoms with van der Waals surface area (Å²) in [6, 6.07) is 3.76. The molecule has 1 amide bonds. The van der Waals surface area contributed by atoms with Crippen LogP contribution in [-0.2, 0) is 11.3 Å². The molecule has 1 aliphatic rings. The fourth-order valence-corrected chi connectivity index (χ4v) is 2.04. The van der Waals surface area contributed by atoms with Crippen molar-refractivity contribution >= 4 is 5.91 Å². The van der Waals surface area contributed by atoms with E-state index in [4.69, 9.17) is 5.73 Å². The molecule has 86 valence electrons. The summed E-state index contributed by atoms with van der Waals surface area (Å²) in [4.78, 5) is 17.7. The fraction of sp³-hybridized carbons (Fsp3) is 0.500. The van der Waals surface area contributed by atoms with E-state index in [1.54, 1.807) is 12.4 Å². The van der Waals surface area contributed by atoms with Crippen LogP contribution in [0.4, 0.5) is 0 Å². The number of hydrogen-bond donors (Lipinski definition) is 1. The number of aromatic nitrogens is 1. The van der Waals surface area contributed by atoms with E-state index in [-0.39, 0.29) is 17.5 Å². The second kappa shape index (κ2) is 3.87. The summed E-state index contributed by atoms with van der Waals surface area (Å²) in [6.07, 6.45) is 3.95. The molecule has 2 rings (SSSR count). The van der Waals surface area contributed by atoms with E-state index in [9.17, 15) is 4.79 Å². The van der Waals surface area contributed by atoms with Gasteiger partial charge in [-0.3, -0.25) is 9.78 Å². The van der Waals surface area contributed by atoms with E-state index in [0.717, 1.165) is 5.56 Å². The van der Waals surface area contributed by atoms with Gasteiger partial charge in [-0.2, -0.15) is 0 Å². The minimum absolute atomic E-state index is 0.0864. The molecule has 0 aliphatic carbocycles. The zero-order valence-electron chi connectivity index (χ0n) is 9.68. The molecule has 1 saturated heterocycles. The van der Waals surface area contributed by atoms with Crippen molar-refractivity contribution in [1.29, 1.82) is 0 Å². The molecule has 1 aromatic rings. The van der Waals surface area contributed by atoms with Gasteiger partial charge in [-0.25, -0.2) is 0 Å². The summed E-state index contributed by atoms with van der Waals surface area (Å²) in [7, 11) is 0. The molecule has 0 spiro atoms. The Morgan fingerprint density at radius 2 is 2.38 bits per heavy atom. The van der Waals surface area contributed by atoms with Crippen molar-refractivity contribution < 1.29 is 4.79 Å². The number of carbonyl (C=O) groups is 1. The first-order valence-electron chi connectivity index (χ1n) is 5.47. The predicted octanol–water partition coefficient (Wildman–Crippen LogP) is 0.920. The van der Waals surface area contributed by atoms with Crippen LogP contribution in [0.2, 0.25) is 0 Å². The van der Waals surface area contributed by atoms with Crippen LogP contribution < -0.4 is 5.73 Å². The Balaban J connectivity index is 2.19. The molecule has 1 aliphatic heterocycles. The van der Waals surface area contributed by atoms with Gasteiger partial charge in [0.2, 0.25) is 5.91 Å². The lowest BCUT2D eigenvalue weighted by Gasteiger charge is -2.34. The Bertz CT molecular complexity index is 389.